The topological polar surface area (TPSA) is 29.3 Å². The van der Waals surface area contributed by atoms with Gasteiger partial charge in [-0.15, -0.1) is 0 Å². The van der Waals surface area contributed by atoms with Crippen molar-refractivity contribution in [2.75, 3.05) is 11.4 Å². The van der Waals surface area contributed by atoms with Crippen molar-refractivity contribution in [3.8, 4) is 0 Å². The first-order valence-electron chi connectivity index (χ1n) is 5.53. The first-order valence-corrected chi connectivity index (χ1v) is 5.53. The second-order valence-corrected chi connectivity index (χ2v) is 4.11. The molecule has 0 saturated carbocycles. The van der Waals surface area contributed by atoms with E-state index in [2.05, 4.69) is 47.4 Å². The van der Waals surface area contributed by atoms with Gasteiger partial charge in [-0.2, -0.15) is 0 Å². The van der Waals surface area contributed by atoms with E-state index in [1.54, 1.807) is 0 Å². The van der Waals surface area contributed by atoms with Gasteiger partial charge in [0.1, 0.15) is 0 Å². The number of benzene rings is 2. The van der Waals surface area contributed by atoms with E-state index in [9.17, 15) is 0 Å². The van der Waals surface area contributed by atoms with E-state index in [4.69, 9.17) is 5.73 Å². The minimum atomic E-state index is 0.122. The van der Waals surface area contributed by atoms with E-state index >= 15 is 0 Å². The molecule has 2 heteroatoms. The molecule has 2 aromatic carbocycles. The van der Waals surface area contributed by atoms with Crippen molar-refractivity contribution >= 4 is 11.4 Å². The molecule has 0 aliphatic carbocycles. The lowest BCUT2D eigenvalue weighted by Crippen LogP contribution is -2.19. The Bertz CT molecular complexity index is 493. The Labute approximate surface area is 95.3 Å². The van der Waals surface area contributed by atoms with E-state index in [0.717, 1.165) is 6.54 Å². The lowest BCUT2D eigenvalue weighted by Gasteiger charge is -2.19. The van der Waals surface area contributed by atoms with Crippen molar-refractivity contribution in [3.05, 3.63) is 60.2 Å². The summed E-state index contributed by atoms with van der Waals surface area (Å²) in [6.07, 6.45) is 0. The van der Waals surface area contributed by atoms with Crippen LogP contribution in [0, 0.1) is 0 Å². The van der Waals surface area contributed by atoms with Crippen molar-refractivity contribution in [3.63, 3.8) is 0 Å². The molecule has 1 unspecified atom stereocenters. The number of rotatable bonds is 1. The van der Waals surface area contributed by atoms with Gasteiger partial charge in [-0.05, 0) is 23.8 Å². The van der Waals surface area contributed by atoms with E-state index in [0.29, 0.717) is 0 Å². The van der Waals surface area contributed by atoms with Crippen LogP contribution in [0.15, 0.2) is 54.6 Å². The minimum absolute atomic E-state index is 0.122. The first kappa shape index (κ1) is 9.43. The number of para-hydroxylation sites is 2. The van der Waals surface area contributed by atoms with E-state index in [1.807, 2.05) is 12.1 Å². The van der Waals surface area contributed by atoms with Gasteiger partial charge in [-0.3, -0.25) is 0 Å². The quantitative estimate of drug-likeness (QED) is 0.784. The monoisotopic (exact) mass is 210 g/mol. The minimum Gasteiger partial charge on any atom is -0.339 e. The molecule has 1 aliphatic rings. The predicted molar refractivity (Wildman–Crippen MR) is 66.8 cm³/mol. The lowest BCUT2D eigenvalue weighted by atomic mass is 10.1. The fraction of sp³-hybridized carbons (Fsp3) is 0.143. The summed E-state index contributed by atoms with van der Waals surface area (Å²) in [5.41, 5.74) is 9.82. The summed E-state index contributed by atoms with van der Waals surface area (Å²) < 4.78 is 0. The normalized spacial score (nSPS) is 18.6. The molecule has 0 fully saturated rings. The number of nitrogens with zero attached hydrogens (tertiary/aromatic N) is 1. The van der Waals surface area contributed by atoms with Gasteiger partial charge in [-0.1, -0.05) is 36.4 Å². The summed E-state index contributed by atoms with van der Waals surface area (Å²) in [6.45, 7) is 0.864. The highest BCUT2D eigenvalue weighted by atomic mass is 15.2. The Hall–Kier alpha value is -1.80. The Morgan fingerprint density at radius 1 is 0.938 bits per heavy atom. The maximum atomic E-state index is 6.13. The van der Waals surface area contributed by atoms with Crippen molar-refractivity contribution in [2.24, 2.45) is 5.73 Å². The molecule has 0 saturated heterocycles. The highest BCUT2D eigenvalue weighted by molar-refractivity contribution is 5.70. The maximum absolute atomic E-state index is 6.13. The molecule has 1 atom stereocenters. The third kappa shape index (κ3) is 1.39. The molecule has 1 heterocycles. The van der Waals surface area contributed by atoms with Crippen LogP contribution < -0.4 is 10.6 Å². The molecular formula is C14H14N2. The van der Waals surface area contributed by atoms with Crippen LogP contribution >= 0.6 is 0 Å². The summed E-state index contributed by atoms with van der Waals surface area (Å²) in [6, 6.07) is 18.9. The molecule has 0 amide bonds. The number of hydrogen-bond acceptors (Lipinski definition) is 2. The summed E-state index contributed by atoms with van der Waals surface area (Å²) in [5.74, 6) is 0. The molecule has 0 radical (unpaired) electrons. The first-order chi connectivity index (χ1) is 7.86. The zero-order chi connectivity index (χ0) is 11.0. The average molecular weight is 210 g/mol. The van der Waals surface area contributed by atoms with Crippen LogP contribution in [0.3, 0.4) is 0 Å². The van der Waals surface area contributed by atoms with E-state index in [1.165, 1.54) is 16.9 Å². The molecule has 2 nitrogen and oxygen atoms in total. The molecule has 2 N–H and O–H groups in total. The van der Waals surface area contributed by atoms with Crippen LogP contribution in [0.2, 0.25) is 0 Å². The highest BCUT2D eigenvalue weighted by Gasteiger charge is 2.25. The standard InChI is InChI=1S/C14H14N2/c15-13-10-16(11-6-2-1-3-7-11)14-9-5-4-8-12(13)14/h1-9,13H,10,15H2. The van der Waals surface area contributed by atoms with Gasteiger partial charge in [0.05, 0.1) is 0 Å². The fourth-order valence-electron chi connectivity index (χ4n) is 2.29. The van der Waals surface area contributed by atoms with Crippen LogP contribution in [0.25, 0.3) is 0 Å². The van der Waals surface area contributed by atoms with Crippen LogP contribution in [0.1, 0.15) is 11.6 Å². The van der Waals surface area contributed by atoms with Gasteiger partial charge in [0.25, 0.3) is 0 Å². The third-order valence-electron chi connectivity index (χ3n) is 3.07. The maximum Gasteiger partial charge on any atom is 0.0498 e. The second-order valence-electron chi connectivity index (χ2n) is 4.11. The van der Waals surface area contributed by atoms with Gasteiger partial charge >= 0.3 is 0 Å². The smallest absolute Gasteiger partial charge is 0.0498 e. The molecule has 0 spiro atoms. The van der Waals surface area contributed by atoms with E-state index in [-0.39, 0.29) is 6.04 Å². The van der Waals surface area contributed by atoms with Gasteiger partial charge in [0.2, 0.25) is 0 Å². The number of nitrogens with two attached hydrogens (primary N) is 1. The van der Waals surface area contributed by atoms with Crippen LogP contribution in [0.5, 0.6) is 0 Å². The summed E-state index contributed by atoms with van der Waals surface area (Å²) in [5, 5.41) is 0. The van der Waals surface area contributed by atoms with Crippen molar-refractivity contribution in [1.29, 1.82) is 0 Å². The fourth-order valence-corrected chi connectivity index (χ4v) is 2.29. The molecule has 80 valence electrons. The molecule has 16 heavy (non-hydrogen) atoms. The highest BCUT2D eigenvalue weighted by Crippen LogP contribution is 2.37. The van der Waals surface area contributed by atoms with Crippen molar-refractivity contribution < 1.29 is 0 Å². The predicted octanol–water partition coefficient (Wildman–Crippen LogP) is 2.84. The second kappa shape index (κ2) is 3.65. The largest absolute Gasteiger partial charge is 0.339 e. The Balaban J connectivity index is 2.07. The average Bonchev–Trinajstić information content (AvgIpc) is 2.69. The summed E-state index contributed by atoms with van der Waals surface area (Å²) in [4.78, 5) is 2.28. The number of fused-ring (bicyclic) bond motifs is 1. The van der Waals surface area contributed by atoms with Gasteiger partial charge in [-0.25, -0.2) is 0 Å². The van der Waals surface area contributed by atoms with Crippen molar-refractivity contribution in [1.82, 2.24) is 0 Å². The van der Waals surface area contributed by atoms with Crippen LogP contribution in [0.4, 0.5) is 11.4 Å². The van der Waals surface area contributed by atoms with Gasteiger partial charge < -0.3 is 10.6 Å². The SMILES string of the molecule is NC1CN(c2ccccc2)c2ccccc21. The molecule has 0 bridgehead atoms. The summed E-state index contributed by atoms with van der Waals surface area (Å²) in [7, 11) is 0. The van der Waals surface area contributed by atoms with Gasteiger partial charge in [0.15, 0.2) is 0 Å². The Morgan fingerprint density at radius 2 is 1.62 bits per heavy atom. The zero-order valence-corrected chi connectivity index (χ0v) is 9.01. The molecule has 2 aromatic rings. The van der Waals surface area contributed by atoms with E-state index < -0.39 is 0 Å². The molecule has 3 rings (SSSR count). The lowest BCUT2D eigenvalue weighted by molar-refractivity contribution is 0.774. The van der Waals surface area contributed by atoms with Crippen LogP contribution in [-0.2, 0) is 0 Å². The van der Waals surface area contributed by atoms with Gasteiger partial charge in [0, 0.05) is 24.0 Å². The zero-order valence-electron chi connectivity index (χ0n) is 9.01. The Kier molecular flexibility index (Phi) is 2.15. The number of anilines is 2. The van der Waals surface area contributed by atoms with Crippen LogP contribution in [-0.4, -0.2) is 6.54 Å². The van der Waals surface area contributed by atoms with Crippen molar-refractivity contribution in [2.45, 2.75) is 6.04 Å². The third-order valence-corrected chi connectivity index (χ3v) is 3.07. The molecule has 1 aliphatic heterocycles. The molecular weight excluding hydrogens is 196 g/mol. The Morgan fingerprint density at radius 3 is 2.44 bits per heavy atom. The number of hydrogen-bond donors (Lipinski definition) is 1. The summed E-state index contributed by atoms with van der Waals surface area (Å²) >= 11 is 0. The molecule has 0 aromatic heterocycles.